The molecule has 0 bridgehead atoms. The maximum Gasteiger partial charge on any atom is 0.216 e. The van der Waals surface area contributed by atoms with E-state index < -0.39 is 15.8 Å². The van der Waals surface area contributed by atoms with Crippen LogP contribution in [0.5, 0.6) is 0 Å². The second-order valence-electron chi connectivity index (χ2n) is 4.51. The lowest BCUT2D eigenvalue weighted by Gasteiger charge is -2.23. The Morgan fingerprint density at radius 1 is 1.39 bits per heavy atom. The summed E-state index contributed by atoms with van der Waals surface area (Å²) in [5.74, 6) is -0.791. The summed E-state index contributed by atoms with van der Waals surface area (Å²) in [6, 6.07) is 5.86. The van der Waals surface area contributed by atoms with Gasteiger partial charge in [0.15, 0.2) is 0 Å². The van der Waals surface area contributed by atoms with E-state index in [2.05, 4.69) is 10.0 Å². The lowest BCUT2D eigenvalue weighted by atomic mass is 10.1. The quantitative estimate of drug-likeness (QED) is 0.859. The highest BCUT2D eigenvalue weighted by molar-refractivity contribution is 7.88. The van der Waals surface area contributed by atoms with Gasteiger partial charge in [0, 0.05) is 18.2 Å². The van der Waals surface area contributed by atoms with Gasteiger partial charge in [-0.05, 0) is 25.5 Å². The summed E-state index contributed by atoms with van der Waals surface area (Å²) in [7, 11) is -3.49. The number of benzene rings is 1. The Morgan fingerprint density at radius 3 is 2.83 bits per heavy atom. The highest BCUT2D eigenvalue weighted by atomic mass is 32.2. The van der Waals surface area contributed by atoms with Gasteiger partial charge in [-0.3, -0.25) is 0 Å². The maximum absolute atomic E-state index is 13.4. The van der Waals surface area contributed by atoms with E-state index >= 15 is 0 Å². The van der Waals surface area contributed by atoms with Gasteiger partial charge in [-0.1, -0.05) is 18.2 Å². The second-order valence-corrected chi connectivity index (χ2v) is 6.27. The normalized spacial score (nSPS) is 20.8. The number of hydrogen-bond donors (Lipinski definition) is 2. The van der Waals surface area contributed by atoms with Gasteiger partial charge in [0.1, 0.15) is 5.82 Å². The third kappa shape index (κ3) is 3.76. The van der Waals surface area contributed by atoms with E-state index in [0.29, 0.717) is 6.54 Å². The van der Waals surface area contributed by atoms with Crippen LogP contribution in [0.25, 0.3) is 0 Å². The molecular weight excluding hydrogens is 255 g/mol. The molecule has 1 fully saturated rings. The van der Waals surface area contributed by atoms with Crippen molar-refractivity contribution in [2.24, 2.45) is 0 Å². The maximum atomic E-state index is 13.4. The number of piperidine rings is 1. The smallest absolute Gasteiger partial charge is 0.216 e. The lowest BCUT2D eigenvalue weighted by Crippen LogP contribution is -2.45. The Bertz CT molecular complexity index is 499. The van der Waals surface area contributed by atoms with Crippen molar-refractivity contribution >= 4 is 10.0 Å². The van der Waals surface area contributed by atoms with E-state index in [-0.39, 0.29) is 17.4 Å². The first-order valence-electron chi connectivity index (χ1n) is 6.01. The molecule has 18 heavy (non-hydrogen) atoms. The van der Waals surface area contributed by atoms with Crippen LogP contribution in [-0.4, -0.2) is 27.5 Å². The molecule has 0 radical (unpaired) electrons. The van der Waals surface area contributed by atoms with Crippen molar-refractivity contribution in [3.63, 3.8) is 0 Å². The largest absolute Gasteiger partial charge is 0.315 e. The van der Waals surface area contributed by atoms with Gasteiger partial charge in [0.25, 0.3) is 0 Å². The molecule has 6 heteroatoms. The predicted molar refractivity (Wildman–Crippen MR) is 68.1 cm³/mol. The van der Waals surface area contributed by atoms with E-state index in [1.165, 1.54) is 12.1 Å². The Labute approximate surface area is 107 Å². The summed E-state index contributed by atoms with van der Waals surface area (Å²) < 4.78 is 39.8. The fourth-order valence-electron chi connectivity index (χ4n) is 2.07. The third-order valence-corrected chi connectivity index (χ3v) is 4.33. The molecule has 0 aromatic heterocycles. The van der Waals surface area contributed by atoms with E-state index in [1.807, 2.05) is 0 Å². The molecule has 2 N–H and O–H groups in total. The van der Waals surface area contributed by atoms with Crippen molar-refractivity contribution in [3.8, 4) is 0 Å². The molecule has 1 saturated heterocycles. The zero-order valence-corrected chi connectivity index (χ0v) is 10.8. The van der Waals surface area contributed by atoms with Crippen LogP contribution in [0.4, 0.5) is 4.39 Å². The monoisotopic (exact) mass is 272 g/mol. The van der Waals surface area contributed by atoms with Gasteiger partial charge in [0.05, 0.1) is 5.75 Å². The van der Waals surface area contributed by atoms with Crippen LogP contribution in [0, 0.1) is 5.82 Å². The van der Waals surface area contributed by atoms with Gasteiger partial charge in [-0.2, -0.15) is 0 Å². The third-order valence-electron chi connectivity index (χ3n) is 2.95. The first-order chi connectivity index (χ1) is 8.57. The SMILES string of the molecule is O=S(=O)(Cc1ccccc1F)N[C@H]1CCCNC1. The summed E-state index contributed by atoms with van der Waals surface area (Å²) in [4.78, 5) is 0. The molecule has 1 aromatic rings. The molecule has 0 amide bonds. The molecular formula is C12H17FN2O2S. The van der Waals surface area contributed by atoms with E-state index in [1.54, 1.807) is 12.1 Å². The first-order valence-corrected chi connectivity index (χ1v) is 7.66. The molecule has 1 heterocycles. The van der Waals surface area contributed by atoms with Gasteiger partial charge in [-0.25, -0.2) is 17.5 Å². The molecule has 1 aromatic carbocycles. The summed E-state index contributed by atoms with van der Waals surface area (Å²) in [5.41, 5.74) is 0.203. The van der Waals surface area contributed by atoms with Crippen molar-refractivity contribution in [3.05, 3.63) is 35.6 Å². The Hall–Kier alpha value is -0.980. The first kappa shape index (κ1) is 13.5. The molecule has 4 nitrogen and oxygen atoms in total. The highest BCUT2D eigenvalue weighted by Crippen LogP contribution is 2.11. The van der Waals surface area contributed by atoms with Gasteiger partial charge < -0.3 is 5.32 Å². The molecule has 100 valence electrons. The zero-order valence-electron chi connectivity index (χ0n) is 10.0. The minimum absolute atomic E-state index is 0.0875. The van der Waals surface area contributed by atoms with Crippen molar-refractivity contribution in [1.82, 2.24) is 10.0 Å². The minimum Gasteiger partial charge on any atom is -0.315 e. The van der Waals surface area contributed by atoms with Crippen LogP contribution in [0.15, 0.2) is 24.3 Å². The average molecular weight is 272 g/mol. The molecule has 0 unspecified atom stereocenters. The van der Waals surface area contributed by atoms with Gasteiger partial charge >= 0.3 is 0 Å². The molecule has 1 atom stereocenters. The van der Waals surface area contributed by atoms with Crippen LogP contribution in [-0.2, 0) is 15.8 Å². The van der Waals surface area contributed by atoms with Crippen LogP contribution >= 0.6 is 0 Å². The highest BCUT2D eigenvalue weighted by Gasteiger charge is 2.21. The fourth-order valence-corrected chi connectivity index (χ4v) is 3.50. The van der Waals surface area contributed by atoms with Gasteiger partial charge in [-0.15, -0.1) is 0 Å². The number of halogens is 1. The Morgan fingerprint density at radius 2 is 2.17 bits per heavy atom. The Balaban J connectivity index is 2.01. The number of hydrogen-bond acceptors (Lipinski definition) is 3. The summed E-state index contributed by atoms with van der Waals surface area (Å²) in [6.45, 7) is 1.56. The van der Waals surface area contributed by atoms with Crippen LogP contribution in [0.2, 0.25) is 0 Å². The average Bonchev–Trinajstić information content (AvgIpc) is 2.32. The van der Waals surface area contributed by atoms with Crippen LogP contribution in [0.1, 0.15) is 18.4 Å². The predicted octanol–water partition coefficient (Wildman–Crippen LogP) is 0.997. The number of rotatable bonds is 4. The molecule has 1 aliphatic heterocycles. The summed E-state index contributed by atoms with van der Waals surface area (Å²) in [5, 5.41) is 3.13. The summed E-state index contributed by atoms with van der Waals surface area (Å²) in [6.07, 6.45) is 1.77. The zero-order chi connectivity index (χ0) is 13.0. The molecule has 0 saturated carbocycles. The van der Waals surface area contributed by atoms with Crippen LogP contribution < -0.4 is 10.0 Å². The molecule has 0 aliphatic carbocycles. The minimum atomic E-state index is -3.49. The second kappa shape index (κ2) is 5.77. The van der Waals surface area contributed by atoms with Gasteiger partial charge in [0.2, 0.25) is 10.0 Å². The standard InChI is InChI=1S/C12H17FN2O2S/c13-12-6-2-1-4-10(12)9-18(16,17)15-11-5-3-7-14-8-11/h1-2,4,6,11,14-15H,3,5,7-9H2/t11-/m0/s1. The Kier molecular flexibility index (Phi) is 4.31. The van der Waals surface area contributed by atoms with Crippen LogP contribution in [0.3, 0.4) is 0 Å². The number of nitrogens with one attached hydrogen (secondary N) is 2. The lowest BCUT2D eigenvalue weighted by molar-refractivity contribution is 0.428. The topological polar surface area (TPSA) is 58.2 Å². The van der Waals surface area contributed by atoms with Crippen molar-refractivity contribution in [1.29, 1.82) is 0 Å². The summed E-state index contributed by atoms with van der Waals surface area (Å²) >= 11 is 0. The number of sulfonamides is 1. The molecule has 1 aliphatic rings. The van der Waals surface area contributed by atoms with Crippen molar-refractivity contribution in [2.75, 3.05) is 13.1 Å². The van der Waals surface area contributed by atoms with Crippen molar-refractivity contribution < 1.29 is 12.8 Å². The fraction of sp³-hybridized carbons (Fsp3) is 0.500. The molecule has 2 rings (SSSR count). The van der Waals surface area contributed by atoms with E-state index in [9.17, 15) is 12.8 Å². The van der Waals surface area contributed by atoms with E-state index in [0.717, 1.165) is 19.4 Å². The molecule has 0 spiro atoms. The van der Waals surface area contributed by atoms with E-state index in [4.69, 9.17) is 0 Å². The van der Waals surface area contributed by atoms with Crippen molar-refractivity contribution in [2.45, 2.75) is 24.6 Å².